The van der Waals surface area contributed by atoms with E-state index in [1.54, 1.807) is 0 Å². The zero-order valence-corrected chi connectivity index (χ0v) is 14.5. The molecule has 2 aliphatic rings. The number of rotatable bonds is 8. The zero-order chi connectivity index (χ0) is 15.6. The Labute approximate surface area is 138 Å². The van der Waals surface area contributed by atoms with E-state index in [-0.39, 0.29) is 0 Å². The van der Waals surface area contributed by atoms with Crippen molar-refractivity contribution in [3.05, 3.63) is 48.6 Å². The standard InChI is InChI=1S/C22H34/c1-3-20(17-18-21-10-5-4-6-11-21)9-7-8-12-22-15-13-19(2)14-16-22/h3,5,7-8,10-11,19-20,22H,1,4,6,9,12-18H2,2H3/b8-7+. The first-order valence-corrected chi connectivity index (χ1v) is 9.41. The molecule has 2 rings (SSSR count). The smallest absolute Gasteiger partial charge is 0.0198 e. The molecule has 122 valence electrons. The Morgan fingerprint density at radius 3 is 2.68 bits per heavy atom. The maximum atomic E-state index is 4.03. The lowest BCUT2D eigenvalue weighted by Crippen LogP contribution is -2.11. The first-order chi connectivity index (χ1) is 10.8. The van der Waals surface area contributed by atoms with Crippen LogP contribution in [0.15, 0.2) is 48.6 Å². The van der Waals surface area contributed by atoms with Gasteiger partial charge in [0.15, 0.2) is 0 Å². The Morgan fingerprint density at radius 1 is 1.18 bits per heavy atom. The van der Waals surface area contributed by atoms with Gasteiger partial charge in [-0.2, -0.15) is 0 Å². The molecule has 0 aliphatic heterocycles. The average Bonchev–Trinajstić information content (AvgIpc) is 2.57. The summed E-state index contributed by atoms with van der Waals surface area (Å²) in [5, 5.41) is 0. The Bertz CT molecular complexity index is 402. The van der Waals surface area contributed by atoms with Crippen molar-refractivity contribution in [1.82, 2.24) is 0 Å². The highest BCUT2D eigenvalue weighted by Gasteiger charge is 2.16. The van der Waals surface area contributed by atoms with Gasteiger partial charge in [0.25, 0.3) is 0 Å². The second-order valence-electron chi connectivity index (χ2n) is 7.36. The van der Waals surface area contributed by atoms with Crippen LogP contribution in [0.4, 0.5) is 0 Å². The fourth-order valence-corrected chi connectivity index (χ4v) is 3.66. The van der Waals surface area contributed by atoms with E-state index in [4.69, 9.17) is 0 Å². The Kier molecular flexibility index (Phi) is 7.77. The van der Waals surface area contributed by atoms with Crippen LogP contribution in [0.25, 0.3) is 0 Å². The summed E-state index contributed by atoms with van der Waals surface area (Å²) < 4.78 is 0. The van der Waals surface area contributed by atoms with Gasteiger partial charge < -0.3 is 0 Å². The number of hydrogen-bond donors (Lipinski definition) is 0. The molecule has 0 radical (unpaired) electrons. The minimum Gasteiger partial charge on any atom is -0.103 e. The van der Waals surface area contributed by atoms with Gasteiger partial charge in [-0.15, -0.1) is 6.58 Å². The first-order valence-electron chi connectivity index (χ1n) is 9.41. The zero-order valence-electron chi connectivity index (χ0n) is 14.5. The Morgan fingerprint density at radius 2 is 2.00 bits per heavy atom. The molecular weight excluding hydrogens is 264 g/mol. The molecule has 2 aliphatic carbocycles. The second-order valence-corrected chi connectivity index (χ2v) is 7.36. The first kappa shape index (κ1) is 17.3. The van der Waals surface area contributed by atoms with Crippen molar-refractivity contribution in [2.45, 2.75) is 71.1 Å². The van der Waals surface area contributed by atoms with Crippen molar-refractivity contribution in [2.24, 2.45) is 17.8 Å². The quantitative estimate of drug-likeness (QED) is 0.423. The van der Waals surface area contributed by atoms with Crippen molar-refractivity contribution >= 4 is 0 Å². The summed E-state index contributed by atoms with van der Waals surface area (Å²) in [7, 11) is 0. The van der Waals surface area contributed by atoms with Crippen LogP contribution in [0, 0.1) is 17.8 Å². The Balaban J connectivity index is 1.62. The van der Waals surface area contributed by atoms with Gasteiger partial charge in [0, 0.05) is 0 Å². The molecule has 0 bridgehead atoms. The van der Waals surface area contributed by atoms with Crippen molar-refractivity contribution in [3.8, 4) is 0 Å². The average molecular weight is 299 g/mol. The normalized spacial score (nSPS) is 26.9. The van der Waals surface area contributed by atoms with E-state index in [0.29, 0.717) is 5.92 Å². The molecule has 0 aromatic carbocycles. The number of allylic oxidation sites excluding steroid dienone is 7. The van der Waals surface area contributed by atoms with E-state index < -0.39 is 0 Å². The van der Waals surface area contributed by atoms with Gasteiger partial charge in [0.2, 0.25) is 0 Å². The second kappa shape index (κ2) is 9.87. The summed E-state index contributed by atoms with van der Waals surface area (Å²) in [6.45, 7) is 6.43. The van der Waals surface area contributed by atoms with Crippen LogP contribution >= 0.6 is 0 Å². The van der Waals surface area contributed by atoms with Gasteiger partial charge in [-0.25, -0.2) is 0 Å². The molecule has 0 aromatic rings. The fraction of sp³-hybridized carbons (Fsp3) is 0.636. The summed E-state index contributed by atoms with van der Waals surface area (Å²) >= 11 is 0. The highest BCUT2D eigenvalue weighted by atomic mass is 14.2. The van der Waals surface area contributed by atoms with E-state index in [2.05, 4.69) is 50.0 Å². The third-order valence-corrected chi connectivity index (χ3v) is 5.42. The Hall–Kier alpha value is -1.04. The molecule has 0 amide bonds. The third-order valence-electron chi connectivity index (χ3n) is 5.42. The lowest BCUT2D eigenvalue weighted by atomic mass is 9.81. The van der Waals surface area contributed by atoms with Crippen LogP contribution < -0.4 is 0 Å². The highest BCUT2D eigenvalue weighted by Crippen LogP contribution is 2.30. The van der Waals surface area contributed by atoms with Crippen molar-refractivity contribution in [2.75, 3.05) is 0 Å². The van der Waals surface area contributed by atoms with Gasteiger partial charge in [-0.3, -0.25) is 0 Å². The maximum absolute atomic E-state index is 4.03. The predicted octanol–water partition coefficient (Wildman–Crippen LogP) is 7.01. The molecule has 0 saturated heterocycles. The van der Waals surface area contributed by atoms with Gasteiger partial charge in [-0.05, 0) is 69.1 Å². The van der Waals surface area contributed by atoms with Crippen LogP contribution in [0.2, 0.25) is 0 Å². The summed E-state index contributed by atoms with van der Waals surface area (Å²) in [5.41, 5.74) is 1.53. The lowest BCUT2D eigenvalue weighted by Gasteiger charge is -2.25. The van der Waals surface area contributed by atoms with Gasteiger partial charge in [0.05, 0.1) is 0 Å². The third kappa shape index (κ3) is 6.38. The minimum atomic E-state index is 0.638. The topological polar surface area (TPSA) is 0 Å². The molecule has 22 heavy (non-hydrogen) atoms. The van der Waals surface area contributed by atoms with Crippen LogP contribution in [-0.2, 0) is 0 Å². The van der Waals surface area contributed by atoms with Gasteiger partial charge in [0.1, 0.15) is 0 Å². The van der Waals surface area contributed by atoms with E-state index in [9.17, 15) is 0 Å². The van der Waals surface area contributed by atoms with Crippen LogP contribution in [0.3, 0.4) is 0 Å². The van der Waals surface area contributed by atoms with Crippen LogP contribution in [0.5, 0.6) is 0 Å². The van der Waals surface area contributed by atoms with E-state index >= 15 is 0 Å². The van der Waals surface area contributed by atoms with E-state index in [1.165, 1.54) is 69.8 Å². The van der Waals surface area contributed by atoms with Crippen molar-refractivity contribution in [1.29, 1.82) is 0 Å². The summed E-state index contributed by atoms with van der Waals surface area (Å²) in [5.74, 6) is 2.56. The van der Waals surface area contributed by atoms with E-state index in [1.807, 2.05) is 0 Å². The summed E-state index contributed by atoms with van der Waals surface area (Å²) in [4.78, 5) is 0. The van der Waals surface area contributed by atoms with Gasteiger partial charge >= 0.3 is 0 Å². The predicted molar refractivity (Wildman–Crippen MR) is 98.9 cm³/mol. The molecule has 1 unspecified atom stereocenters. The van der Waals surface area contributed by atoms with Crippen LogP contribution in [0.1, 0.15) is 71.1 Å². The molecule has 0 heterocycles. The van der Waals surface area contributed by atoms with Crippen molar-refractivity contribution in [3.63, 3.8) is 0 Å². The molecular formula is C22H34. The monoisotopic (exact) mass is 298 g/mol. The molecule has 0 N–H and O–H groups in total. The van der Waals surface area contributed by atoms with Gasteiger partial charge in [-0.1, -0.05) is 61.8 Å². The molecule has 1 fully saturated rings. The fourth-order valence-electron chi connectivity index (χ4n) is 3.66. The van der Waals surface area contributed by atoms with Crippen LogP contribution in [-0.4, -0.2) is 0 Å². The molecule has 0 spiro atoms. The van der Waals surface area contributed by atoms with E-state index in [0.717, 1.165) is 11.8 Å². The maximum Gasteiger partial charge on any atom is -0.0198 e. The summed E-state index contributed by atoms with van der Waals surface area (Å²) in [6, 6.07) is 0. The molecule has 1 saturated carbocycles. The lowest BCUT2D eigenvalue weighted by molar-refractivity contribution is 0.292. The number of hydrogen-bond acceptors (Lipinski definition) is 0. The molecule has 0 aromatic heterocycles. The molecule has 0 heteroatoms. The molecule has 0 nitrogen and oxygen atoms in total. The van der Waals surface area contributed by atoms with Crippen molar-refractivity contribution < 1.29 is 0 Å². The SMILES string of the molecule is C=CC(C/C=C/CC1CCC(C)CC1)CCC1=CCCC=C1. The largest absolute Gasteiger partial charge is 0.103 e. The minimum absolute atomic E-state index is 0.638. The molecule has 1 atom stereocenters. The highest BCUT2D eigenvalue weighted by molar-refractivity contribution is 5.22. The summed E-state index contributed by atoms with van der Waals surface area (Å²) in [6.07, 6.45) is 27.2.